The maximum Gasteiger partial charge on any atom is 0.137 e. The molecule has 1 heterocycles. The highest BCUT2D eigenvalue weighted by Crippen LogP contribution is 2.34. The number of furan rings is 1. The van der Waals surface area contributed by atoms with Gasteiger partial charge in [-0.2, -0.15) is 0 Å². The van der Waals surface area contributed by atoms with Crippen LogP contribution in [0.2, 0.25) is 0 Å². The van der Waals surface area contributed by atoms with Gasteiger partial charge in [-0.05, 0) is 35.4 Å². The first kappa shape index (κ1) is 11.1. The van der Waals surface area contributed by atoms with E-state index in [0.717, 1.165) is 33.2 Å². The molecule has 2 heteroatoms. The molecule has 0 unspecified atom stereocenters. The van der Waals surface area contributed by atoms with Crippen molar-refractivity contribution in [3.63, 3.8) is 0 Å². The second kappa shape index (κ2) is 4.14. The minimum Gasteiger partial charge on any atom is -0.456 e. The van der Waals surface area contributed by atoms with E-state index < -0.39 is 0 Å². The fourth-order valence-electron chi connectivity index (χ4n) is 2.66. The minimum absolute atomic E-state index is 0.758. The second-order valence-electron chi connectivity index (χ2n) is 4.90. The number of nitrogen functional groups attached to an aromatic ring is 1. The minimum atomic E-state index is 0.758. The molecule has 0 aliphatic rings. The van der Waals surface area contributed by atoms with Gasteiger partial charge in [0.25, 0.3) is 0 Å². The summed E-state index contributed by atoms with van der Waals surface area (Å²) in [4.78, 5) is 0. The summed E-state index contributed by atoms with van der Waals surface area (Å²) in [6.45, 7) is 0. The van der Waals surface area contributed by atoms with E-state index in [9.17, 15) is 0 Å². The van der Waals surface area contributed by atoms with E-state index in [-0.39, 0.29) is 0 Å². The van der Waals surface area contributed by atoms with Crippen molar-refractivity contribution < 1.29 is 4.42 Å². The summed E-state index contributed by atoms with van der Waals surface area (Å²) in [5, 5.41) is 2.07. The van der Waals surface area contributed by atoms with Crippen LogP contribution in [0.25, 0.3) is 33.1 Å². The molecule has 0 saturated heterocycles. The van der Waals surface area contributed by atoms with Gasteiger partial charge in [-0.1, -0.05) is 42.5 Å². The summed E-state index contributed by atoms with van der Waals surface area (Å²) in [5.41, 5.74) is 10.9. The zero-order valence-corrected chi connectivity index (χ0v) is 10.8. The Bertz CT molecular complexity index is 907. The van der Waals surface area contributed by atoms with Gasteiger partial charge in [0.15, 0.2) is 0 Å². The molecule has 1 aromatic heterocycles. The lowest BCUT2D eigenvalue weighted by Crippen LogP contribution is -1.83. The number of nitrogens with two attached hydrogens (primary N) is 1. The maximum atomic E-state index is 6.06. The SMILES string of the molecule is Nc1cccc2oc3cc(-c4ccccc4)ccc3c12. The van der Waals surface area contributed by atoms with Crippen LogP contribution in [0.4, 0.5) is 5.69 Å². The van der Waals surface area contributed by atoms with Crippen LogP contribution < -0.4 is 5.73 Å². The van der Waals surface area contributed by atoms with Crippen LogP contribution >= 0.6 is 0 Å². The molecule has 0 radical (unpaired) electrons. The van der Waals surface area contributed by atoms with Crippen LogP contribution in [0.3, 0.4) is 0 Å². The quantitative estimate of drug-likeness (QED) is 0.497. The number of hydrogen-bond donors (Lipinski definition) is 1. The maximum absolute atomic E-state index is 6.06. The number of benzene rings is 3. The monoisotopic (exact) mass is 259 g/mol. The van der Waals surface area contributed by atoms with E-state index in [0.29, 0.717) is 0 Å². The molecule has 0 atom stereocenters. The highest BCUT2D eigenvalue weighted by Gasteiger charge is 2.10. The molecule has 3 aromatic carbocycles. The highest BCUT2D eigenvalue weighted by molar-refractivity contribution is 6.11. The van der Waals surface area contributed by atoms with Crippen LogP contribution in [0, 0.1) is 0 Å². The first-order valence-corrected chi connectivity index (χ1v) is 6.59. The normalized spacial score (nSPS) is 11.2. The Morgan fingerprint density at radius 3 is 2.40 bits per heavy atom. The lowest BCUT2D eigenvalue weighted by molar-refractivity contribution is 0.669. The Morgan fingerprint density at radius 2 is 1.55 bits per heavy atom. The van der Waals surface area contributed by atoms with E-state index in [1.165, 1.54) is 5.56 Å². The Labute approximate surface area is 116 Å². The molecule has 0 spiro atoms. The van der Waals surface area contributed by atoms with Gasteiger partial charge in [0.05, 0.1) is 5.39 Å². The Kier molecular flexibility index (Phi) is 2.30. The van der Waals surface area contributed by atoms with Gasteiger partial charge in [-0.15, -0.1) is 0 Å². The van der Waals surface area contributed by atoms with Crippen molar-refractivity contribution in [2.75, 3.05) is 5.73 Å². The Balaban J connectivity index is 2.01. The number of rotatable bonds is 1. The van der Waals surface area contributed by atoms with Gasteiger partial charge >= 0.3 is 0 Å². The van der Waals surface area contributed by atoms with Gasteiger partial charge in [-0.3, -0.25) is 0 Å². The zero-order valence-electron chi connectivity index (χ0n) is 10.8. The van der Waals surface area contributed by atoms with Gasteiger partial charge in [0.2, 0.25) is 0 Å². The average Bonchev–Trinajstić information content (AvgIpc) is 2.87. The molecule has 0 aliphatic carbocycles. The van der Waals surface area contributed by atoms with Crippen molar-refractivity contribution in [3.8, 4) is 11.1 Å². The van der Waals surface area contributed by atoms with Gasteiger partial charge in [0, 0.05) is 11.1 Å². The Morgan fingerprint density at radius 1 is 0.700 bits per heavy atom. The van der Waals surface area contributed by atoms with Crippen LogP contribution in [-0.4, -0.2) is 0 Å². The number of anilines is 1. The molecule has 2 nitrogen and oxygen atoms in total. The summed E-state index contributed by atoms with van der Waals surface area (Å²) in [7, 11) is 0. The fourth-order valence-corrected chi connectivity index (χ4v) is 2.66. The number of fused-ring (bicyclic) bond motifs is 3. The molecule has 4 aromatic rings. The van der Waals surface area contributed by atoms with Crippen molar-refractivity contribution in [1.82, 2.24) is 0 Å². The summed E-state index contributed by atoms with van der Waals surface area (Å²) in [6, 6.07) is 22.3. The number of hydrogen-bond acceptors (Lipinski definition) is 2. The molecular formula is C18H13NO. The Hall–Kier alpha value is -2.74. The van der Waals surface area contributed by atoms with Gasteiger partial charge < -0.3 is 10.2 Å². The topological polar surface area (TPSA) is 39.2 Å². The van der Waals surface area contributed by atoms with Crippen molar-refractivity contribution in [3.05, 3.63) is 66.7 Å². The first-order chi connectivity index (χ1) is 9.83. The predicted molar refractivity (Wildman–Crippen MR) is 83.6 cm³/mol. The highest BCUT2D eigenvalue weighted by atomic mass is 16.3. The summed E-state index contributed by atoms with van der Waals surface area (Å²) in [5.74, 6) is 0. The molecule has 20 heavy (non-hydrogen) atoms. The van der Waals surface area contributed by atoms with Crippen molar-refractivity contribution in [2.45, 2.75) is 0 Å². The molecule has 0 bridgehead atoms. The van der Waals surface area contributed by atoms with Gasteiger partial charge in [0.1, 0.15) is 11.2 Å². The van der Waals surface area contributed by atoms with Crippen molar-refractivity contribution >= 4 is 27.6 Å². The molecule has 2 N–H and O–H groups in total. The van der Waals surface area contributed by atoms with Crippen molar-refractivity contribution in [1.29, 1.82) is 0 Å². The zero-order chi connectivity index (χ0) is 13.5. The molecule has 4 rings (SSSR count). The van der Waals surface area contributed by atoms with E-state index >= 15 is 0 Å². The average molecular weight is 259 g/mol. The van der Waals surface area contributed by atoms with Gasteiger partial charge in [-0.25, -0.2) is 0 Å². The second-order valence-corrected chi connectivity index (χ2v) is 4.90. The fraction of sp³-hybridized carbons (Fsp3) is 0. The summed E-state index contributed by atoms with van der Waals surface area (Å²) in [6.07, 6.45) is 0. The molecule has 0 saturated carbocycles. The van der Waals surface area contributed by atoms with Crippen LogP contribution in [-0.2, 0) is 0 Å². The van der Waals surface area contributed by atoms with E-state index in [4.69, 9.17) is 10.2 Å². The molecule has 0 fully saturated rings. The predicted octanol–water partition coefficient (Wildman–Crippen LogP) is 4.84. The first-order valence-electron chi connectivity index (χ1n) is 6.59. The third-order valence-corrected chi connectivity index (χ3v) is 3.64. The standard InChI is InChI=1S/C18H13NO/c19-15-7-4-8-16-18(15)14-10-9-13(11-17(14)20-16)12-5-2-1-3-6-12/h1-11H,19H2. The van der Waals surface area contributed by atoms with E-state index in [2.05, 4.69) is 30.3 Å². The lowest BCUT2D eigenvalue weighted by atomic mass is 10.0. The largest absolute Gasteiger partial charge is 0.456 e. The van der Waals surface area contributed by atoms with Crippen LogP contribution in [0.5, 0.6) is 0 Å². The third kappa shape index (κ3) is 1.58. The summed E-state index contributed by atoms with van der Waals surface area (Å²) < 4.78 is 5.92. The summed E-state index contributed by atoms with van der Waals surface area (Å²) >= 11 is 0. The molecule has 96 valence electrons. The third-order valence-electron chi connectivity index (χ3n) is 3.64. The van der Waals surface area contributed by atoms with E-state index in [1.54, 1.807) is 0 Å². The smallest absolute Gasteiger partial charge is 0.137 e. The van der Waals surface area contributed by atoms with Crippen molar-refractivity contribution in [2.24, 2.45) is 0 Å². The lowest BCUT2D eigenvalue weighted by Gasteiger charge is -2.01. The van der Waals surface area contributed by atoms with Crippen LogP contribution in [0.15, 0.2) is 71.1 Å². The molecular weight excluding hydrogens is 246 g/mol. The molecule has 0 amide bonds. The molecule has 0 aliphatic heterocycles. The van der Waals surface area contributed by atoms with Crippen LogP contribution in [0.1, 0.15) is 0 Å². The van der Waals surface area contributed by atoms with E-state index in [1.807, 2.05) is 36.4 Å².